The Bertz CT molecular complexity index is 502. The van der Waals surface area contributed by atoms with E-state index in [9.17, 15) is 0 Å². The Morgan fingerprint density at radius 2 is 0.697 bits per heavy atom. The van der Waals surface area contributed by atoms with E-state index in [4.69, 9.17) is 17.7 Å². The highest BCUT2D eigenvalue weighted by Gasteiger charge is 2.38. The molecule has 0 spiro atoms. The van der Waals surface area contributed by atoms with Crippen LogP contribution >= 0.6 is 0 Å². The summed E-state index contributed by atoms with van der Waals surface area (Å²) in [6.07, 6.45) is 8.53. The molecule has 0 aromatic rings. The predicted molar refractivity (Wildman–Crippen MR) is 148 cm³/mol. The number of hydrogen-bond acceptors (Lipinski definition) is 4. The molecule has 0 N–H and O–H groups in total. The van der Waals surface area contributed by atoms with E-state index in [1.165, 1.54) is 44.9 Å². The van der Waals surface area contributed by atoms with Crippen LogP contribution in [0.2, 0.25) is 25.2 Å². The average Bonchev–Trinajstić information content (AvgIpc) is 2.64. The second-order valence-electron chi connectivity index (χ2n) is 14.0. The first-order valence-corrected chi connectivity index (χ1v) is 18.0. The summed E-state index contributed by atoms with van der Waals surface area (Å²) in [5.41, 5.74) is 1.26. The molecule has 0 fully saturated rings. The van der Waals surface area contributed by atoms with Crippen LogP contribution in [0.5, 0.6) is 0 Å². The van der Waals surface area contributed by atoms with Gasteiger partial charge in [0.15, 0.2) is 0 Å². The van der Waals surface area contributed by atoms with Crippen LogP contribution in [-0.2, 0) is 17.7 Å². The summed E-state index contributed by atoms with van der Waals surface area (Å²) in [6.45, 7) is 24.0. The molecule has 0 rings (SSSR count). The van der Waals surface area contributed by atoms with Crippen molar-refractivity contribution in [2.45, 2.75) is 126 Å². The Labute approximate surface area is 210 Å². The van der Waals surface area contributed by atoms with Crippen molar-refractivity contribution in [3.8, 4) is 0 Å². The van der Waals surface area contributed by atoms with Gasteiger partial charge in [-0.2, -0.15) is 0 Å². The van der Waals surface area contributed by atoms with E-state index in [1.807, 2.05) is 0 Å². The molecular formula is C27H60O4Si2. The molecule has 0 atom stereocenters. The fourth-order valence-electron chi connectivity index (χ4n) is 6.54. The lowest BCUT2D eigenvalue weighted by atomic mass is 9.63. The Balaban J connectivity index is 4.85. The smallest absolute Gasteiger partial charge is 0.334 e. The van der Waals surface area contributed by atoms with E-state index in [2.05, 4.69) is 68.5 Å². The third-order valence-corrected chi connectivity index (χ3v) is 13.5. The van der Waals surface area contributed by atoms with Gasteiger partial charge >= 0.3 is 17.1 Å². The quantitative estimate of drug-likeness (QED) is 0.175. The van der Waals surface area contributed by atoms with Crippen LogP contribution < -0.4 is 0 Å². The van der Waals surface area contributed by atoms with Crippen LogP contribution in [0, 0.1) is 21.7 Å². The summed E-state index contributed by atoms with van der Waals surface area (Å²) in [4.78, 5) is 0. The molecule has 0 unspecified atom stereocenters. The molecule has 0 amide bonds. The van der Waals surface area contributed by atoms with E-state index in [-0.39, 0.29) is 0 Å². The molecule has 0 aliphatic rings. The maximum Gasteiger partial charge on any atom is 0.334 e. The summed E-state index contributed by atoms with van der Waals surface area (Å²) < 4.78 is 22.7. The maximum atomic E-state index is 5.68. The highest BCUT2D eigenvalue weighted by Crippen LogP contribution is 2.48. The van der Waals surface area contributed by atoms with Gasteiger partial charge in [-0.25, -0.2) is 0 Å². The minimum atomic E-state index is -1.96. The third-order valence-electron chi connectivity index (χ3n) is 7.57. The zero-order valence-electron chi connectivity index (χ0n) is 25.0. The van der Waals surface area contributed by atoms with Crippen molar-refractivity contribution in [2.75, 3.05) is 28.4 Å². The first-order chi connectivity index (χ1) is 14.8. The largest absolute Gasteiger partial charge is 0.398 e. The van der Waals surface area contributed by atoms with E-state index in [0.717, 1.165) is 12.1 Å². The van der Waals surface area contributed by atoms with Gasteiger partial charge in [-0.1, -0.05) is 68.2 Å². The Hall–Kier alpha value is 0.274. The lowest BCUT2D eigenvalue weighted by Gasteiger charge is -2.43. The lowest BCUT2D eigenvalue weighted by molar-refractivity contribution is 0.0828. The van der Waals surface area contributed by atoms with Gasteiger partial charge in [-0.15, -0.1) is 0 Å². The zero-order chi connectivity index (χ0) is 26.2. The van der Waals surface area contributed by atoms with Crippen LogP contribution in [0.15, 0.2) is 0 Å². The van der Waals surface area contributed by atoms with Crippen LogP contribution in [0.3, 0.4) is 0 Å². The monoisotopic (exact) mass is 504 g/mol. The molecule has 0 radical (unpaired) electrons. The van der Waals surface area contributed by atoms with Crippen LogP contribution in [0.25, 0.3) is 0 Å². The van der Waals surface area contributed by atoms with E-state index in [1.54, 1.807) is 28.4 Å². The normalized spacial score (nSPS) is 14.7. The average molecular weight is 505 g/mol. The Morgan fingerprint density at radius 3 is 0.939 bits per heavy atom. The van der Waals surface area contributed by atoms with E-state index >= 15 is 0 Å². The molecule has 0 aromatic carbocycles. The molecule has 0 saturated heterocycles. The van der Waals surface area contributed by atoms with E-state index in [0.29, 0.717) is 21.7 Å². The Kier molecular flexibility index (Phi) is 13.1. The molecule has 0 heterocycles. The van der Waals surface area contributed by atoms with Crippen molar-refractivity contribution in [1.29, 1.82) is 0 Å². The van der Waals surface area contributed by atoms with Gasteiger partial charge < -0.3 is 17.7 Å². The molecule has 0 aliphatic carbocycles. The molecule has 0 aromatic heterocycles. The fraction of sp³-hybridized carbons (Fsp3) is 1.00. The van der Waals surface area contributed by atoms with Crippen LogP contribution in [0.4, 0.5) is 0 Å². The molecule has 0 aliphatic heterocycles. The van der Waals surface area contributed by atoms with Crippen LogP contribution in [0.1, 0.15) is 100 Å². The number of hydrogen-bond donors (Lipinski definition) is 0. The zero-order valence-corrected chi connectivity index (χ0v) is 27.0. The maximum absolute atomic E-state index is 5.68. The minimum absolute atomic E-state index is 0.309. The molecule has 4 nitrogen and oxygen atoms in total. The van der Waals surface area contributed by atoms with Gasteiger partial charge in [0.2, 0.25) is 0 Å². The second-order valence-corrected chi connectivity index (χ2v) is 21.1. The highest BCUT2D eigenvalue weighted by molar-refractivity contribution is 6.66. The van der Waals surface area contributed by atoms with Gasteiger partial charge in [0.05, 0.1) is 0 Å². The standard InChI is InChI=1S/C27H60O4Si2/c1-24(2,17-15-19-32(13,28-9)29-10)21-26(5,6)23-27(7,8)22-25(3,4)18-16-20-33(14,30-11)31-12/h15-23H2,1-14H3. The summed E-state index contributed by atoms with van der Waals surface area (Å²) in [6, 6.07) is 2.13. The summed E-state index contributed by atoms with van der Waals surface area (Å²) in [5, 5.41) is 0. The minimum Gasteiger partial charge on any atom is -0.398 e. The second kappa shape index (κ2) is 13.0. The van der Waals surface area contributed by atoms with Crippen molar-refractivity contribution in [2.24, 2.45) is 21.7 Å². The van der Waals surface area contributed by atoms with Gasteiger partial charge in [-0.3, -0.25) is 0 Å². The molecule has 200 valence electrons. The van der Waals surface area contributed by atoms with Crippen molar-refractivity contribution < 1.29 is 17.7 Å². The molecule has 6 heteroatoms. The van der Waals surface area contributed by atoms with Crippen molar-refractivity contribution in [3.05, 3.63) is 0 Å². The lowest BCUT2D eigenvalue weighted by Crippen LogP contribution is -2.36. The number of rotatable bonds is 18. The van der Waals surface area contributed by atoms with Crippen molar-refractivity contribution in [3.63, 3.8) is 0 Å². The highest BCUT2D eigenvalue weighted by atomic mass is 28.4. The molecule has 33 heavy (non-hydrogen) atoms. The summed E-state index contributed by atoms with van der Waals surface area (Å²) in [5.74, 6) is 0. The SMILES string of the molecule is CO[Si](C)(CCCC(C)(C)CC(C)(C)CC(C)(C)CC(C)(C)CCC[Si](C)(OC)OC)OC. The predicted octanol–water partition coefficient (Wildman–Crippen LogP) is 8.55. The molecule has 0 bridgehead atoms. The fourth-order valence-corrected chi connectivity index (χ4v) is 9.33. The van der Waals surface area contributed by atoms with Gasteiger partial charge in [0, 0.05) is 28.4 Å². The molecular weight excluding hydrogens is 444 g/mol. The summed E-state index contributed by atoms with van der Waals surface area (Å²) in [7, 11) is 3.26. The molecule has 0 saturated carbocycles. The van der Waals surface area contributed by atoms with E-state index < -0.39 is 17.1 Å². The van der Waals surface area contributed by atoms with Crippen molar-refractivity contribution >= 4 is 17.1 Å². The summed E-state index contributed by atoms with van der Waals surface area (Å²) >= 11 is 0. The first-order valence-electron chi connectivity index (χ1n) is 13.0. The van der Waals surface area contributed by atoms with Crippen molar-refractivity contribution in [1.82, 2.24) is 0 Å². The third kappa shape index (κ3) is 13.8. The van der Waals surface area contributed by atoms with Crippen LogP contribution in [-0.4, -0.2) is 45.6 Å². The van der Waals surface area contributed by atoms with Gasteiger partial charge in [0.1, 0.15) is 0 Å². The first kappa shape index (κ1) is 33.3. The Morgan fingerprint density at radius 1 is 0.455 bits per heavy atom. The van der Waals surface area contributed by atoms with Gasteiger partial charge in [0.25, 0.3) is 0 Å². The van der Waals surface area contributed by atoms with Gasteiger partial charge in [-0.05, 0) is 78.9 Å². The topological polar surface area (TPSA) is 36.9 Å².